The second kappa shape index (κ2) is 12.2. The molecule has 0 saturated heterocycles. The maximum atomic E-state index is 2.58. The molecule has 0 heteroatoms. The summed E-state index contributed by atoms with van der Waals surface area (Å²) in [4.78, 5) is 0. The van der Waals surface area contributed by atoms with Crippen LogP contribution in [0.15, 0.2) is 36.4 Å². The van der Waals surface area contributed by atoms with Gasteiger partial charge in [-0.15, -0.1) is 0 Å². The van der Waals surface area contributed by atoms with Gasteiger partial charge in [0, 0.05) is 0 Å². The van der Waals surface area contributed by atoms with E-state index in [2.05, 4.69) is 50.2 Å². The number of benzene rings is 2. The number of hydrogen-bond donors (Lipinski definition) is 0. The molecule has 158 valence electrons. The first-order valence-corrected chi connectivity index (χ1v) is 12.6. The summed E-state index contributed by atoms with van der Waals surface area (Å²) >= 11 is 0. The van der Waals surface area contributed by atoms with Crippen LogP contribution < -0.4 is 0 Å². The molecule has 2 aromatic rings. The molecule has 0 unspecified atom stereocenters. The molecule has 29 heavy (non-hydrogen) atoms. The van der Waals surface area contributed by atoms with Gasteiger partial charge in [0.25, 0.3) is 0 Å². The number of rotatable bonds is 14. The Labute approximate surface area is 180 Å². The Balaban J connectivity index is 1.64. The summed E-state index contributed by atoms with van der Waals surface area (Å²) in [5, 5.41) is 0. The van der Waals surface area contributed by atoms with Crippen molar-refractivity contribution in [3.8, 4) is 11.1 Å². The normalized spacial score (nSPS) is 12.2. The Bertz CT molecular complexity index is 740. The van der Waals surface area contributed by atoms with Crippen molar-refractivity contribution in [1.82, 2.24) is 0 Å². The highest BCUT2D eigenvalue weighted by Gasteiger charge is 2.20. The maximum absolute atomic E-state index is 2.58. The molecule has 0 bridgehead atoms. The minimum Gasteiger partial charge on any atom is -0.0654 e. The van der Waals surface area contributed by atoms with Crippen molar-refractivity contribution in [1.29, 1.82) is 0 Å². The predicted molar refractivity (Wildman–Crippen MR) is 129 cm³/mol. The molecule has 3 rings (SSSR count). The van der Waals surface area contributed by atoms with E-state index in [-0.39, 0.29) is 0 Å². The average molecular weight is 391 g/mol. The van der Waals surface area contributed by atoms with E-state index in [1.54, 1.807) is 16.7 Å². The van der Waals surface area contributed by atoms with Gasteiger partial charge in [-0.3, -0.25) is 0 Å². The number of fused-ring (bicyclic) bond motifs is 3. The summed E-state index contributed by atoms with van der Waals surface area (Å²) in [7, 11) is 0. The first kappa shape index (κ1) is 22.1. The first-order valence-electron chi connectivity index (χ1n) is 12.6. The van der Waals surface area contributed by atoms with Gasteiger partial charge >= 0.3 is 0 Å². The van der Waals surface area contributed by atoms with Gasteiger partial charge in [-0.2, -0.15) is 0 Å². The van der Waals surface area contributed by atoms with Crippen LogP contribution in [0, 0.1) is 0 Å². The maximum Gasteiger partial charge on any atom is -0.00134 e. The molecule has 0 radical (unpaired) electrons. The van der Waals surface area contributed by atoms with Crippen molar-refractivity contribution < 1.29 is 0 Å². The van der Waals surface area contributed by atoms with E-state index in [1.165, 1.54) is 107 Å². The smallest absolute Gasteiger partial charge is 0.00134 e. The number of hydrogen-bond acceptors (Lipinski definition) is 0. The standard InChI is InChI=1S/C29H42/c1-3-5-7-9-11-13-17-24-21-27-22-26-19-15-16-20-28(26)29(27)23-25(24)18-14-12-10-8-6-4-2/h15-16,19-21,23H,3-14,17-18,22H2,1-2H3. The first-order chi connectivity index (χ1) is 14.3. The van der Waals surface area contributed by atoms with Gasteiger partial charge in [0.15, 0.2) is 0 Å². The monoisotopic (exact) mass is 390 g/mol. The lowest BCUT2D eigenvalue weighted by atomic mass is 9.91. The lowest BCUT2D eigenvalue weighted by Crippen LogP contribution is -1.98. The van der Waals surface area contributed by atoms with E-state index in [9.17, 15) is 0 Å². The van der Waals surface area contributed by atoms with Crippen LogP contribution in [0.4, 0.5) is 0 Å². The highest BCUT2D eigenvalue weighted by Crippen LogP contribution is 2.38. The zero-order valence-corrected chi connectivity index (χ0v) is 19.1. The van der Waals surface area contributed by atoms with Crippen molar-refractivity contribution in [3.05, 3.63) is 58.7 Å². The number of unbranched alkanes of at least 4 members (excludes halogenated alkanes) is 10. The summed E-state index contributed by atoms with van der Waals surface area (Å²) in [5.74, 6) is 0. The Hall–Kier alpha value is -1.56. The fourth-order valence-electron chi connectivity index (χ4n) is 4.94. The zero-order chi connectivity index (χ0) is 20.3. The zero-order valence-electron chi connectivity index (χ0n) is 19.1. The van der Waals surface area contributed by atoms with Crippen LogP contribution in [0.1, 0.15) is 113 Å². The van der Waals surface area contributed by atoms with Crippen LogP contribution in [0.3, 0.4) is 0 Å². The summed E-state index contributed by atoms with van der Waals surface area (Å²) in [6, 6.07) is 14.2. The largest absolute Gasteiger partial charge is 0.0654 e. The van der Waals surface area contributed by atoms with Crippen molar-refractivity contribution in [2.24, 2.45) is 0 Å². The Morgan fingerprint density at radius 2 is 1.10 bits per heavy atom. The molecule has 1 aliphatic rings. The van der Waals surface area contributed by atoms with Crippen LogP contribution in [0.2, 0.25) is 0 Å². The molecule has 0 fully saturated rings. The summed E-state index contributed by atoms with van der Waals surface area (Å²) < 4.78 is 0. The third-order valence-corrected chi connectivity index (χ3v) is 6.71. The second-order valence-electron chi connectivity index (χ2n) is 9.15. The molecule has 0 N–H and O–H groups in total. The fraction of sp³-hybridized carbons (Fsp3) is 0.586. The quantitative estimate of drug-likeness (QED) is 0.241. The van der Waals surface area contributed by atoms with Crippen LogP contribution in [-0.4, -0.2) is 0 Å². The number of aryl methyl sites for hydroxylation is 2. The molecule has 0 spiro atoms. The molecule has 0 amide bonds. The van der Waals surface area contributed by atoms with E-state index < -0.39 is 0 Å². The van der Waals surface area contributed by atoms with E-state index in [4.69, 9.17) is 0 Å². The Morgan fingerprint density at radius 3 is 1.76 bits per heavy atom. The molecule has 0 nitrogen and oxygen atoms in total. The SMILES string of the molecule is CCCCCCCCc1cc2c(cc1CCCCCCCC)-c1ccccc1C2. The topological polar surface area (TPSA) is 0 Å². The molecule has 1 aliphatic carbocycles. The Morgan fingerprint density at radius 1 is 0.552 bits per heavy atom. The van der Waals surface area contributed by atoms with Crippen molar-refractivity contribution >= 4 is 0 Å². The molecule has 0 heterocycles. The second-order valence-corrected chi connectivity index (χ2v) is 9.15. The van der Waals surface area contributed by atoms with Crippen molar-refractivity contribution in [2.45, 2.75) is 110 Å². The average Bonchev–Trinajstić information content (AvgIpc) is 3.10. The highest BCUT2D eigenvalue weighted by molar-refractivity contribution is 5.77. The van der Waals surface area contributed by atoms with Gasteiger partial charge in [-0.05, 0) is 65.5 Å². The highest BCUT2D eigenvalue weighted by atomic mass is 14.2. The van der Waals surface area contributed by atoms with Crippen LogP contribution in [-0.2, 0) is 19.3 Å². The molecule has 2 aromatic carbocycles. The van der Waals surface area contributed by atoms with Crippen LogP contribution >= 0.6 is 0 Å². The summed E-state index contributed by atoms with van der Waals surface area (Å²) in [5.41, 5.74) is 9.39. The van der Waals surface area contributed by atoms with E-state index in [0.717, 1.165) is 6.42 Å². The molecule has 0 atom stereocenters. The van der Waals surface area contributed by atoms with Gasteiger partial charge in [-0.25, -0.2) is 0 Å². The lowest BCUT2D eigenvalue weighted by Gasteiger charge is -2.14. The lowest BCUT2D eigenvalue weighted by molar-refractivity contribution is 0.599. The van der Waals surface area contributed by atoms with Crippen LogP contribution in [0.25, 0.3) is 11.1 Å². The summed E-state index contributed by atoms with van der Waals surface area (Å²) in [6.45, 7) is 4.61. The minimum atomic E-state index is 1.13. The van der Waals surface area contributed by atoms with Gasteiger partial charge in [0.2, 0.25) is 0 Å². The predicted octanol–water partition coefficient (Wildman–Crippen LogP) is 9.06. The minimum absolute atomic E-state index is 1.13. The van der Waals surface area contributed by atoms with Gasteiger partial charge in [0.05, 0.1) is 0 Å². The van der Waals surface area contributed by atoms with Crippen molar-refractivity contribution in [2.75, 3.05) is 0 Å². The molecular formula is C29H42. The summed E-state index contributed by atoms with van der Waals surface area (Å²) in [6.07, 6.45) is 20.3. The third-order valence-electron chi connectivity index (χ3n) is 6.71. The van der Waals surface area contributed by atoms with Gasteiger partial charge < -0.3 is 0 Å². The van der Waals surface area contributed by atoms with E-state index in [1.807, 2.05) is 0 Å². The van der Waals surface area contributed by atoms with E-state index >= 15 is 0 Å². The van der Waals surface area contributed by atoms with E-state index in [0.29, 0.717) is 0 Å². The third kappa shape index (κ3) is 6.46. The van der Waals surface area contributed by atoms with Gasteiger partial charge in [0.1, 0.15) is 0 Å². The molecule has 0 aromatic heterocycles. The van der Waals surface area contributed by atoms with Gasteiger partial charge in [-0.1, -0.05) is 114 Å². The Kier molecular flexibility index (Phi) is 9.32. The fourth-order valence-corrected chi connectivity index (χ4v) is 4.94. The molecular weight excluding hydrogens is 348 g/mol. The van der Waals surface area contributed by atoms with Crippen LogP contribution in [0.5, 0.6) is 0 Å². The molecule has 0 aliphatic heterocycles. The molecule has 0 saturated carbocycles. The van der Waals surface area contributed by atoms with Crippen molar-refractivity contribution in [3.63, 3.8) is 0 Å².